The number of amides is 2. The molecular formula is C17H34N6O4S. The van der Waals surface area contributed by atoms with Crippen molar-refractivity contribution in [2.45, 2.75) is 57.7 Å². The van der Waals surface area contributed by atoms with Crippen LogP contribution in [-0.2, 0) is 14.4 Å². The number of aliphatic imine (C=N–C) groups is 1. The summed E-state index contributed by atoms with van der Waals surface area (Å²) in [6.45, 7) is 3.87. The van der Waals surface area contributed by atoms with Crippen LogP contribution in [0.3, 0.4) is 0 Å². The molecule has 0 unspecified atom stereocenters. The number of hydrogen-bond donors (Lipinski definition) is 6. The van der Waals surface area contributed by atoms with Gasteiger partial charge < -0.3 is 32.9 Å². The first-order valence-corrected chi connectivity index (χ1v) is 10.7. The van der Waals surface area contributed by atoms with Gasteiger partial charge in [0.15, 0.2) is 5.96 Å². The zero-order chi connectivity index (χ0) is 21.7. The Hall–Kier alpha value is -2.01. The summed E-state index contributed by atoms with van der Waals surface area (Å²) in [6.07, 6.45) is 3.64. The summed E-state index contributed by atoms with van der Waals surface area (Å²) in [5, 5.41) is 14.5. The third-order valence-electron chi connectivity index (χ3n) is 4.32. The SMILES string of the molecule is CC[C@H](C)[C@H](NC(=O)[C@H](CCCN=C(N)N)NC(=O)[C@@H](N)CCSC)C(=O)O. The molecule has 2 amide bonds. The smallest absolute Gasteiger partial charge is 0.326 e. The Kier molecular flexibility index (Phi) is 13.0. The maximum atomic E-state index is 12.7. The van der Waals surface area contributed by atoms with Crippen LogP contribution in [0.2, 0.25) is 0 Å². The molecule has 0 aromatic carbocycles. The summed E-state index contributed by atoms with van der Waals surface area (Å²) >= 11 is 1.57. The predicted molar refractivity (Wildman–Crippen MR) is 112 cm³/mol. The van der Waals surface area contributed by atoms with E-state index < -0.39 is 35.9 Å². The van der Waals surface area contributed by atoms with Gasteiger partial charge in [-0.15, -0.1) is 0 Å². The highest BCUT2D eigenvalue weighted by Crippen LogP contribution is 2.09. The van der Waals surface area contributed by atoms with E-state index in [1.54, 1.807) is 18.7 Å². The summed E-state index contributed by atoms with van der Waals surface area (Å²) in [4.78, 5) is 40.3. The van der Waals surface area contributed by atoms with Gasteiger partial charge in [-0.3, -0.25) is 14.6 Å². The van der Waals surface area contributed by atoms with Crippen LogP contribution in [0.5, 0.6) is 0 Å². The van der Waals surface area contributed by atoms with E-state index in [1.807, 2.05) is 13.2 Å². The normalized spacial score (nSPS) is 15.0. The molecule has 4 atom stereocenters. The predicted octanol–water partition coefficient (Wildman–Crippen LogP) is -0.779. The largest absolute Gasteiger partial charge is 0.480 e. The van der Waals surface area contributed by atoms with Gasteiger partial charge in [0.1, 0.15) is 12.1 Å². The number of carboxylic acids is 1. The summed E-state index contributed by atoms with van der Waals surface area (Å²) in [5.41, 5.74) is 16.4. The van der Waals surface area contributed by atoms with Gasteiger partial charge in [0.2, 0.25) is 11.8 Å². The van der Waals surface area contributed by atoms with Crippen LogP contribution in [-0.4, -0.2) is 65.5 Å². The van der Waals surface area contributed by atoms with E-state index >= 15 is 0 Å². The van der Waals surface area contributed by atoms with Crippen molar-refractivity contribution in [3.05, 3.63) is 0 Å². The van der Waals surface area contributed by atoms with Crippen LogP contribution in [0.1, 0.15) is 39.5 Å². The number of guanidine groups is 1. The van der Waals surface area contributed by atoms with E-state index in [2.05, 4.69) is 15.6 Å². The standard InChI is InChI=1S/C17H34N6O4S/c1-4-10(2)13(16(26)27)23-15(25)12(6-5-8-21-17(19)20)22-14(24)11(18)7-9-28-3/h10-13H,4-9,18H2,1-3H3,(H,22,24)(H,23,25)(H,26,27)(H4,19,20,21)/t10-,11-,12-,13-/m0/s1. The van der Waals surface area contributed by atoms with Crippen LogP contribution in [0.25, 0.3) is 0 Å². The zero-order valence-electron chi connectivity index (χ0n) is 16.8. The molecule has 0 fully saturated rings. The Bertz CT molecular complexity index is 542. The number of nitrogens with two attached hydrogens (primary N) is 3. The molecular weight excluding hydrogens is 384 g/mol. The van der Waals surface area contributed by atoms with Gasteiger partial charge in [-0.05, 0) is 37.2 Å². The summed E-state index contributed by atoms with van der Waals surface area (Å²) < 4.78 is 0. The van der Waals surface area contributed by atoms with Crippen molar-refractivity contribution >= 4 is 35.5 Å². The second-order valence-corrected chi connectivity index (χ2v) is 7.59. The number of thioether (sulfide) groups is 1. The Morgan fingerprint density at radius 1 is 1.14 bits per heavy atom. The monoisotopic (exact) mass is 418 g/mol. The van der Waals surface area contributed by atoms with Crippen LogP contribution in [0.4, 0.5) is 0 Å². The maximum Gasteiger partial charge on any atom is 0.326 e. The molecule has 162 valence electrons. The number of aliphatic carboxylic acids is 1. The first-order chi connectivity index (χ1) is 13.1. The Morgan fingerprint density at radius 2 is 1.79 bits per heavy atom. The Morgan fingerprint density at radius 3 is 2.29 bits per heavy atom. The third kappa shape index (κ3) is 10.4. The van der Waals surface area contributed by atoms with Crippen molar-refractivity contribution in [2.24, 2.45) is 28.1 Å². The first-order valence-electron chi connectivity index (χ1n) is 9.27. The molecule has 9 N–H and O–H groups in total. The van der Waals surface area contributed by atoms with Gasteiger partial charge in [-0.1, -0.05) is 20.3 Å². The second-order valence-electron chi connectivity index (χ2n) is 6.61. The van der Waals surface area contributed by atoms with Gasteiger partial charge in [0.25, 0.3) is 0 Å². The fourth-order valence-corrected chi connectivity index (χ4v) is 2.85. The lowest BCUT2D eigenvalue weighted by Gasteiger charge is -2.25. The quantitative estimate of drug-likeness (QED) is 0.120. The maximum absolute atomic E-state index is 12.7. The van der Waals surface area contributed by atoms with Gasteiger partial charge in [-0.2, -0.15) is 11.8 Å². The van der Waals surface area contributed by atoms with Crippen molar-refractivity contribution in [3.63, 3.8) is 0 Å². The number of hydrogen-bond acceptors (Lipinski definition) is 6. The second kappa shape index (κ2) is 14.1. The highest BCUT2D eigenvalue weighted by atomic mass is 32.2. The van der Waals surface area contributed by atoms with Gasteiger partial charge >= 0.3 is 5.97 Å². The topological polar surface area (TPSA) is 186 Å². The first kappa shape index (κ1) is 26.0. The number of rotatable bonds is 14. The lowest BCUT2D eigenvalue weighted by Crippen LogP contribution is -2.55. The molecule has 0 spiro atoms. The summed E-state index contributed by atoms with van der Waals surface area (Å²) in [7, 11) is 0. The average Bonchev–Trinajstić information content (AvgIpc) is 2.64. The minimum absolute atomic E-state index is 0.0631. The summed E-state index contributed by atoms with van der Waals surface area (Å²) in [6, 6.07) is -2.71. The molecule has 11 heteroatoms. The highest BCUT2D eigenvalue weighted by molar-refractivity contribution is 7.98. The van der Waals surface area contributed by atoms with E-state index in [0.717, 1.165) is 0 Å². The van der Waals surface area contributed by atoms with Crippen molar-refractivity contribution in [1.29, 1.82) is 0 Å². The lowest BCUT2D eigenvalue weighted by atomic mass is 9.98. The lowest BCUT2D eigenvalue weighted by molar-refractivity contribution is -0.143. The number of nitrogens with one attached hydrogen (secondary N) is 2. The van der Waals surface area contributed by atoms with Crippen LogP contribution < -0.4 is 27.8 Å². The molecule has 0 rings (SSSR count). The van der Waals surface area contributed by atoms with E-state index in [1.165, 1.54) is 0 Å². The number of nitrogens with zero attached hydrogens (tertiary/aromatic N) is 1. The van der Waals surface area contributed by atoms with Crippen molar-refractivity contribution in [1.82, 2.24) is 10.6 Å². The molecule has 0 aliphatic carbocycles. The highest BCUT2D eigenvalue weighted by Gasteiger charge is 2.30. The molecule has 0 heterocycles. The van der Waals surface area contributed by atoms with Crippen LogP contribution in [0, 0.1) is 5.92 Å². The average molecular weight is 419 g/mol. The molecule has 0 bridgehead atoms. The van der Waals surface area contributed by atoms with E-state index in [0.29, 0.717) is 25.0 Å². The summed E-state index contributed by atoms with van der Waals surface area (Å²) in [5.74, 6) is -1.75. The molecule has 0 radical (unpaired) electrons. The fourth-order valence-electron chi connectivity index (χ4n) is 2.36. The molecule has 0 aromatic rings. The van der Waals surface area contributed by atoms with Gasteiger partial charge in [0, 0.05) is 6.54 Å². The number of carbonyl (C=O) groups is 3. The molecule has 0 saturated carbocycles. The van der Waals surface area contributed by atoms with E-state index in [-0.39, 0.29) is 24.8 Å². The van der Waals surface area contributed by atoms with Crippen LogP contribution >= 0.6 is 11.8 Å². The fraction of sp³-hybridized carbons (Fsp3) is 0.765. The Balaban J connectivity index is 5.12. The minimum atomic E-state index is -1.12. The van der Waals surface area contributed by atoms with Crippen molar-refractivity contribution in [2.75, 3.05) is 18.6 Å². The molecule has 0 aliphatic heterocycles. The third-order valence-corrected chi connectivity index (χ3v) is 4.97. The molecule has 0 saturated heterocycles. The molecule has 0 aromatic heterocycles. The van der Waals surface area contributed by atoms with Crippen molar-refractivity contribution in [3.8, 4) is 0 Å². The molecule has 0 aliphatic rings. The van der Waals surface area contributed by atoms with E-state index in [4.69, 9.17) is 17.2 Å². The minimum Gasteiger partial charge on any atom is -0.480 e. The van der Waals surface area contributed by atoms with Crippen molar-refractivity contribution < 1.29 is 19.5 Å². The molecule has 28 heavy (non-hydrogen) atoms. The number of carbonyl (C=O) groups excluding carboxylic acids is 2. The zero-order valence-corrected chi connectivity index (χ0v) is 17.6. The van der Waals surface area contributed by atoms with Gasteiger partial charge in [0.05, 0.1) is 6.04 Å². The number of carboxylic acid groups (broad SMARTS) is 1. The van der Waals surface area contributed by atoms with Crippen LogP contribution in [0.15, 0.2) is 4.99 Å². The molecule has 10 nitrogen and oxygen atoms in total. The Labute approximate surface area is 170 Å². The van der Waals surface area contributed by atoms with E-state index in [9.17, 15) is 19.5 Å². The van der Waals surface area contributed by atoms with Gasteiger partial charge in [-0.25, -0.2) is 4.79 Å².